The van der Waals surface area contributed by atoms with E-state index in [2.05, 4.69) is 49.6 Å². The van der Waals surface area contributed by atoms with Crippen LogP contribution in [0.25, 0.3) is 10.9 Å². The number of benzene rings is 2. The summed E-state index contributed by atoms with van der Waals surface area (Å²) in [5, 5.41) is 22.3. The van der Waals surface area contributed by atoms with E-state index in [0.717, 1.165) is 56.3 Å². The Hall–Kier alpha value is -2.94. The van der Waals surface area contributed by atoms with E-state index in [1.54, 1.807) is 0 Å². The van der Waals surface area contributed by atoms with E-state index in [4.69, 9.17) is 4.74 Å². The fourth-order valence-electron chi connectivity index (χ4n) is 4.95. The molecule has 1 saturated heterocycles. The molecule has 1 atom stereocenters. The maximum atomic E-state index is 12.3. The molecule has 2 aromatic carbocycles. The van der Waals surface area contributed by atoms with Gasteiger partial charge in [0.05, 0.1) is 23.9 Å². The average Bonchev–Trinajstić information content (AvgIpc) is 3.30. The quantitative estimate of drug-likeness (QED) is 0.473. The monoisotopic (exact) mass is 463 g/mol. The second-order valence-corrected chi connectivity index (χ2v) is 9.29. The van der Waals surface area contributed by atoms with Gasteiger partial charge in [-0.05, 0) is 55.6 Å². The second kappa shape index (κ2) is 10.5. The number of β-amino-alcohol motifs (C(OH)–C–C–N with tert-alkyl or cyclic N) is 1. The summed E-state index contributed by atoms with van der Waals surface area (Å²) in [5.41, 5.74) is 3.73. The zero-order valence-corrected chi connectivity index (χ0v) is 19.4. The first-order chi connectivity index (χ1) is 16.7. The normalized spacial score (nSPS) is 17.9. The fraction of sp³-hybridized carbons (Fsp3) is 0.462. The summed E-state index contributed by atoms with van der Waals surface area (Å²) in [6.45, 7) is 4.41. The van der Waals surface area contributed by atoms with E-state index < -0.39 is 6.10 Å². The van der Waals surface area contributed by atoms with E-state index in [0.29, 0.717) is 18.3 Å². The first kappa shape index (κ1) is 22.8. The summed E-state index contributed by atoms with van der Waals surface area (Å²) < 4.78 is 7.83. The summed E-state index contributed by atoms with van der Waals surface area (Å²) in [4.78, 5) is 14.6. The van der Waals surface area contributed by atoms with Crippen LogP contribution in [-0.4, -0.2) is 71.1 Å². The van der Waals surface area contributed by atoms with Gasteiger partial charge in [0.25, 0.3) is 5.91 Å². The molecule has 0 radical (unpaired) electrons. The lowest BCUT2D eigenvalue weighted by molar-refractivity contribution is -0.123. The van der Waals surface area contributed by atoms with Crippen LogP contribution >= 0.6 is 0 Å². The van der Waals surface area contributed by atoms with Crippen LogP contribution in [0.15, 0.2) is 48.7 Å². The third-order valence-electron chi connectivity index (χ3n) is 6.81. The molecule has 8 heteroatoms. The zero-order chi connectivity index (χ0) is 23.3. The zero-order valence-electron chi connectivity index (χ0n) is 19.4. The number of piperidine rings is 1. The molecule has 2 aliphatic heterocycles. The Balaban J connectivity index is 1.09. The third-order valence-corrected chi connectivity index (χ3v) is 6.81. The van der Waals surface area contributed by atoms with Crippen LogP contribution in [0.2, 0.25) is 0 Å². The number of ether oxygens (including phenoxy) is 1. The summed E-state index contributed by atoms with van der Waals surface area (Å²) in [6.07, 6.45) is 4.36. The molecule has 180 valence electrons. The molecule has 5 rings (SSSR count). The fourth-order valence-corrected chi connectivity index (χ4v) is 4.95. The largest absolute Gasteiger partial charge is 0.484 e. The lowest BCUT2D eigenvalue weighted by atomic mass is 10.00. The van der Waals surface area contributed by atoms with Crippen molar-refractivity contribution in [2.45, 2.75) is 38.0 Å². The van der Waals surface area contributed by atoms with Crippen molar-refractivity contribution in [3.05, 3.63) is 59.8 Å². The highest BCUT2D eigenvalue weighted by Gasteiger charge is 2.20. The predicted molar refractivity (Wildman–Crippen MR) is 131 cm³/mol. The van der Waals surface area contributed by atoms with Crippen molar-refractivity contribution in [3.8, 4) is 5.75 Å². The maximum Gasteiger partial charge on any atom is 0.258 e. The molecule has 8 nitrogen and oxygen atoms in total. The van der Waals surface area contributed by atoms with Gasteiger partial charge in [-0.15, -0.1) is 0 Å². The minimum Gasteiger partial charge on any atom is -0.484 e. The second-order valence-electron chi connectivity index (χ2n) is 9.29. The van der Waals surface area contributed by atoms with Gasteiger partial charge in [-0.3, -0.25) is 14.4 Å². The molecular weight excluding hydrogens is 430 g/mol. The molecule has 1 amide bonds. The Kier molecular flexibility index (Phi) is 7.08. The van der Waals surface area contributed by atoms with Crippen LogP contribution in [0, 0.1) is 0 Å². The van der Waals surface area contributed by atoms with Crippen molar-refractivity contribution in [1.82, 2.24) is 25.3 Å². The molecular formula is C26H33N5O3. The Labute approximate surface area is 199 Å². The van der Waals surface area contributed by atoms with Crippen LogP contribution in [-0.2, 0) is 17.8 Å². The molecule has 3 heterocycles. The molecule has 3 N–H and O–H groups in total. The Morgan fingerprint density at radius 2 is 2.03 bits per heavy atom. The van der Waals surface area contributed by atoms with Crippen LogP contribution in [0.5, 0.6) is 5.75 Å². The minimum absolute atomic E-state index is 0.0865. The molecule has 2 aliphatic rings. The molecule has 0 spiro atoms. The maximum absolute atomic E-state index is 12.3. The average molecular weight is 464 g/mol. The molecule has 1 unspecified atom stereocenters. The van der Waals surface area contributed by atoms with E-state index in [1.165, 1.54) is 11.1 Å². The van der Waals surface area contributed by atoms with Gasteiger partial charge in [-0.25, -0.2) is 0 Å². The third kappa shape index (κ3) is 5.41. The van der Waals surface area contributed by atoms with Gasteiger partial charge in [0.15, 0.2) is 6.61 Å². The van der Waals surface area contributed by atoms with Crippen LogP contribution in [0.1, 0.15) is 30.0 Å². The number of fused-ring (bicyclic) bond motifs is 2. The lowest BCUT2D eigenvalue weighted by Crippen LogP contribution is -2.42. The van der Waals surface area contributed by atoms with E-state index >= 15 is 0 Å². The number of nitrogens with one attached hydrogen (secondary N) is 2. The Morgan fingerprint density at radius 1 is 1.21 bits per heavy atom. The standard InChI is InChI=1S/C26H33N5O3/c32-23(17-30-12-9-19-3-1-2-4-21(19)16-30)15-28-26(33)18-34-24-6-5-20-14-29-31(25(20)13-24)22-7-10-27-11-8-22/h1-6,13-14,22-23,27,32H,7-12,15-18H2,(H,28,33). The molecule has 3 aromatic rings. The Morgan fingerprint density at radius 3 is 2.88 bits per heavy atom. The van der Waals surface area contributed by atoms with E-state index in [1.807, 2.05) is 24.4 Å². The number of aromatic nitrogens is 2. The molecule has 1 aromatic heterocycles. The molecule has 0 aliphatic carbocycles. The van der Waals surface area contributed by atoms with Crippen LogP contribution in [0.3, 0.4) is 0 Å². The van der Waals surface area contributed by atoms with E-state index in [-0.39, 0.29) is 19.1 Å². The highest BCUT2D eigenvalue weighted by atomic mass is 16.5. The van der Waals surface area contributed by atoms with Gasteiger partial charge in [-0.2, -0.15) is 5.10 Å². The van der Waals surface area contributed by atoms with Gasteiger partial charge in [0.2, 0.25) is 0 Å². The van der Waals surface area contributed by atoms with Crippen molar-refractivity contribution >= 4 is 16.8 Å². The predicted octanol–water partition coefficient (Wildman–Crippen LogP) is 1.88. The molecule has 0 bridgehead atoms. The smallest absolute Gasteiger partial charge is 0.258 e. The molecule has 1 fully saturated rings. The van der Waals surface area contributed by atoms with Crippen LogP contribution < -0.4 is 15.4 Å². The number of hydrogen-bond acceptors (Lipinski definition) is 6. The lowest BCUT2D eigenvalue weighted by Gasteiger charge is -2.30. The highest BCUT2D eigenvalue weighted by Crippen LogP contribution is 2.27. The van der Waals surface area contributed by atoms with Gasteiger partial charge < -0.3 is 20.5 Å². The summed E-state index contributed by atoms with van der Waals surface area (Å²) >= 11 is 0. The van der Waals surface area contributed by atoms with Gasteiger partial charge in [0.1, 0.15) is 5.75 Å². The number of rotatable bonds is 8. The van der Waals surface area contributed by atoms with Gasteiger partial charge >= 0.3 is 0 Å². The van der Waals surface area contributed by atoms with Crippen molar-refractivity contribution in [1.29, 1.82) is 0 Å². The van der Waals surface area contributed by atoms with Crippen LogP contribution in [0.4, 0.5) is 0 Å². The number of carbonyl (C=O) groups excluding carboxylic acids is 1. The molecule has 0 saturated carbocycles. The summed E-state index contributed by atoms with van der Waals surface area (Å²) in [7, 11) is 0. The van der Waals surface area contributed by atoms with Crippen molar-refractivity contribution < 1.29 is 14.6 Å². The first-order valence-corrected chi connectivity index (χ1v) is 12.2. The SMILES string of the molecule is O=C(COc1ccc2cnn(C3CCNCC3)c2c1)NCC(O)CN1CCc2ccccc2C1. The van der Waals surface area contributed by atoms with E-state index in [9.17, 15) is 9.90 Å². The number of amides is 1. The van der Waals surface area contributed by atoms with Gasteiger partial charge in [-0.1, -0.05) is 24.3 Å². The number of carbonyl (C=O) groups is 1. The summed E-state index contributed by atoms with van der Waals surface area (Å²) in [6, 6.07) is 14.6. The summed E-state index contributed by atoms with van der Waals surface area (Å²) in [5.74, 6) is 0.404. The number of hydrogen-bond donors (Lipinski definition) is 3. The number of aliphatic hydroxyl groups is 1. The molecule has 34 heavy (non-hydrogen) atoms. The first-order valence-electron chi connectivity index (χ1n) is 12.2. The van der Waals surface area contributed by atoms with Crippen molar-refractivity contribution in [2.24, 2.45) is 0 Å². The van der Waals surface area contributed by atoms with Gasteiger partial charge in [0, 0.05) is 37.6 Å². The Bertz CT molecular complexity index is 1120. The van der Waals surface area contributed by atoms with Crippen molar-refractivity contribution in [2.75, 3.05) is 39.3 Å². The van der Waals surface area contributed by atoms with Crippen molar-refractivity contribution in [3.63, 3.8) is 0 Å². The number of aliphatic hydroxyl groups excluding tert-OH is 1. The minimum atomic E-state index is -0.620. The number of nitrogens with zero attached hydrogens (tertiary/aromatic N) is 3. The topological polar surface area (TPSA) is 91.6 Å². The highest BCUT2D eigenvalue weighted by molar-refractivity contribution is 5.81.